The summed E-state index contributed by atoms with van der Waals surface area (Å²) in [4.78, 5) is 27.5. The van der Waals surface area contributed by atoms with Gasteiger partial charge in [-0.15, -0.1) is 0 Å². The lowest BCUT2D eigenvalue weighted by Gasteiger charge is -2.35. The second-order valence-electron chi connectivity index (χ2n) is 4.88. The van der Waals surface area contributed by atoms with E-state index >= 15 is 0 Å². The van der Waals surface area contributed by atoms with Crippen molar-refractivity contribution in [2.24, 2.45) is 0 Å². The molecule has 1 aromatic carbocycles. The van der Waals surface area contributed by atoms with E-state index in [1.165, 1.54) is 28.0 Å². The Labute approximate surface area is 139 Å². The molecule has 23 heavy (non-hydrogen) atoms. The molecule has 1 aromatic rings. The smallest absolute Gasteiger partial charge is 0.265 e. The highest BCUT2D eigenvalue weighted by Crippen LogP contribution is 2.17. The maximum Gasteiger partial charge on any atom is 0.265 e. The van der Waals surface area contributed by atoms with Gasteiger partial charge < -0.3 is 0 Å². The zero-order chi connectivity index (χ0) is 17.0. The molecule has 0 unspecified atom stereocenters. The second-order valence-corrected chi connectivity index (χ2v) is 5.24. The molecule has 0 aromatic heterocycles. The SMILES string of the molecule is CCN1C(=O)C(=C/C=C/c2cccc(F)c2)C(=O)N(CC)C1=S. The van der Waals surface area contributed by atoms with E-state index in [2.05, 4.69) is 0 Å². The molecule has 1 fully saturated rings. The number of carbonyl (C=O) groups is 2. The minimum Gasteiger partial charge on any atom is -0.285 e. The van der Waals surface area contributed by atoms with Gasteiger partial charge in [-0.3, -0.25) is 19.4 Å². The quantitative estimate of drug-likeness (QED) is 0.484. The maximum atomic E-state index is 13.1. The van der Waals surface area contributed by atoms with E-state index in [0.717, 1.165) is 0 Å². The predicted octanol–water partition coefficient (Wildman–Crippen LogP) is 2.76. The van der Waals surface area contributed by atoms with E-state index in [9.17, 15) is 14.0 Å². The van der Waals surface area contributed by atoms with Crippen molar-refractivity contribution in [2.45, 2.75) is 13.8 Å². The average molecular weight is 332 g/mol. The van der Waals surface area contributed by atoms with E-state index < -0.39 is 11.8 Å². The van der Waals surface area contributed by atoms with Crippen LogP contribution in [0.15, 0.2) is 42.0 Å². The molecule has 0 atom stereocenters. The van der Waals surface area contributed by atoms with E-state index in [4.69, 9.17) is 12.2 Å². The van der Waals surface area contributed by atoms with Gasteiger partial charge in [-0.2, -0.15) is 0 Å². The fraction of sp³-hybridized carbons (Fsp3) is 0.235. The zero-order valence-electron chi connectivity index (χ0n) is 13.0. The molecule has 1 heterocycles. The van der Waals surface area contributed by atoms with Crippen molar-refractivity contribution in [1.82, 2.24) is 9.80 Å². The molecule has 0 saturated carbocycles. The van der Waals surface area contributed by atoms with Gasteiger partial charge in [0.2, 0.25) is 0 Å². The third-order valence-corrected chi connectivity index (χ3v) is 3.89. The minimum atomic E-state index is -0.406. The number of benzene rings is 1. The number of halogens is 1. The van der Waals surface area contributed by atoms with Gasteiger partial charge >= 0.3 is 0 Å². The van der Waals surface area contributed by atoms with Crippen molar-refractivity contribution in [3.8, 4) is 0 Å². The number of hydrogen-bond donors (Lipinski definition) is 0. The van der Waals surface area contributed by atoms with Gasteiger partial charge in [0.1, 0.15) is 11.4 Å². The topological polar surface area (TPSA) is 40.6 Å². The van der Waals surface area contributed by atoms with Crippen LogP contribution in [0.3, 0.4) is 0 Å². The average Bonchev–Trinajstić information content (AvgIpc) is 2.51. The molecule has 4 nitrogen and oxygen atoms in total. The van der Waals surface area contributed by atoms with E-state index in [1.54, 1.807) is 38.1 Å². The lowest BCUT2D eigenvalue weighted by Crippen LogP contribution is -2.55. The molecular formula is C17H17FN2O2S. The number of thiocarbonyl (C=S) groups is 1. The molecule has 1 aliphatic heterocycles. The van der Waals surface area contributed by atoms with Crippen molar-refractivity contribution < 1.29 is 14.0 Å². The Morgan fingerprint density at radius 1 is 1.13 bits per heavy atom. The molecule has 0 aliphatic carbocycles. The summed E-state index contributed by atoms with van der Waals surface area (Å²) in [5.41, 5.74) is 0.697. The van der Waals surface area contributed by atoms with Gasteiger partial charge in [-0.25, -0.2) is 4.39 Å². The fourth-order valence-electron chi connectivity index (χ4n) is 2.27. The minimum absolute atomic E-state index is 0.0509. The second kappa shape index (κ2) is 7.28. The third kappa shape index (κ3) is 3.53. The number of carbonyl (C=O) groups excluding carboxylic acids is 2. The first-order valence-electron chi connectivity index (χ1n) is 7.31. The van der Waals surface area contributed by atoms with Crippen molar-refractivity contribution in [3.63, 3.8) is 0 Å². The fourth-order valence-corrected chi connectivity index (χ4v) is 2.69. The normalized spacial score (nSPS) is 15.8. The molecule has 2 amide bonds. The Bertz CT molecular complexity index is 684. The Kier molecular flexibility index (Phi) is 5.39. The highest BCUT2D eigenvalue weighted by molar-refractivity contribution is 7.80. The van der Waals surface area contributed by atoms with Gasteiger partial charge in [-0.05, 0) is 49.8 Å². The van der Waals surface area contributed by atoms with Gasteiger partial charge in [-0.1, -0.05) is 24.3 Å². The number of amides is 2. The Morgan fingerprint density at radius 2 is 1.74 bits per heavy atom. The molecule has 120 valence electrons. The molecule has 6 heteroatoms. The Balaban J connectivity index is 2.30. The van der Waals surface area contributed by atoms with Crippen molar-refractivity contribution in [2.75, 3.05) is 13.1 Å². The van der Waals surface area contributed by atoms with Crippen molar-refractivity contribution in [1.29, 1.82) is 0 Å². The van der Waals surface area contributed by atoms with Crippen LogP contribution >= 0.6 is 12.2 Å². The lowest BCUT2D eigenvalue weighted by atomic mass is 10.1. The van der Waals surface area contributed by atoms with Crippen LogP contribution in [0.25, 0.3) is 6.08 Å². The zero-order valence-corrected chi connectivity index (χ0v) is 13.8. The number of hydrogen-bond acceptors (Lipinski definition) is 3. The monoisotopic (exact) mass is 332 g/mol. The van der Waals surface area contributed by atoms with Crippen LogP contribution in [0.5, 0.6) is 0 Å². The number of rotatable bonds is 4. The van der Waals surface area contributed by atoms with Crippen molar-refractivity contribution in [3.05, 3.63) is 53.4 Å². The van der Waals surface area contributed by atoms with Crippen LogP contribution in [-0.4, -0.2) is 39.8 Å². The van der Waals surface area contributed by atoms with Crippen LogP contribution in [0.1, 0.15) is 19.4 Å². The first-order valence-corrected chi connectivity index (χ1v) is 7.72. The summed E-state index contributed by atoms with van der Waals surface area (Å²) < 4.78 is 13.1. The summed E-state index contributed by atoms with van der Waals surface area (Å²) in [6, 6.07) is 6.04. The Morgan fingerprint density at radius 3 is 2.26 bits per heavy atom. The predicted molar refractivity (Wildman–Crippen MR) is 90.9 cm³/mol. The Hall–Kier alpha value is -2.34. The first-order chi connectivity index (χ1) is 11.0. The van der Waals surface area contributed by atoms with E-state index in [1.807, 2.05) is 0 Å². The molecule has 2 rings (SSSR count). The number of allylic oxidation sites excluding steroid dienone is 2. The highest BCUT2D eigenvalue weighted by atomic mass is 32.1. The molecule has 1 saturated heterocycles. The van der Waals surface area contributed by atoms with Gasteiger partial charge in [0.25, 0.3) is 11.8 Å². The summed E-state index contributed by atoms with van der Waals surface area (Å²) in [6.07, 6.45) is 4.65. The summed E-state index contributed by atoms with van der Waals surface area (Å²) >= 11 is 5.18. The number of likely N-dealkylation sites (N-methyl/N-ethyl adjacent to an activating group) is 2. The molecule has 0 N–H and O–H groups in total. The van der Waals surface area contributed by atoms with Crippen LogP contribution in [0.4, 0.5) is 4.39 Å². The molecular weight excluding hydrogens is 315 g/mol. The molecule has 0 bridgehead atoms. The third-order valence-electron chi connectivity index (χ3n) is 3.45. The highest BCUT2D eigenvalue weighted by Gasteiger charge is 2.37. The van der Waals surface area contributed by atoms with Crippen LogP contribution in [0, 0.1) is 5.82 Å². The summed E-state index contributed by atoms with van der Waals surface area (Å²) in [5.74, 6) is -1.16. The molecule has 1 aliphatic rings. The van der Waals surface area contributed by atoms with Gasteiger partial charge in [0, 0.05) is 13.1 Å². The van der Waals surface area contributed by atoms with E-state index in [0.29, 0.717) is 18.7 Å². The largest absolute Gasteiger partial charge is 0.285 e. The molecule has 0 radical (unpaired) electrons. The maximum absolute atomic E-state index is 13.1. The lowest BCUT2D eigenvalue weighted by molar-refractivity contribution is -0.133. The van der Waals surface area contributed by atoms with Crippen LogP contribution in [-0.2, 0) is 9.59 Å². The van der Waals surface area contributed by atoms with Crippen LogP contribution < -0.4 is 0 Å². The van der Waals surface area contributed by atoms with Gasteiger partial charge in [0.05, 0.1) is 0 Å². The number of nitrogens with zero attached hydrogens (tertiary/aromatic N) is 2. The summed E-state index contributed by atoms with van der Waals surface area (Å²) in [6.45, 7) is 4.39. The van der Waals surface area contributed by atoms with Gasteiger partial charge in [0.15, 0.2) is 5.11 Å². The summed E-state index contributed by atoms with van der Waals surface area (Å²) in [7, 11) is 0. The first kappa shape index (κ1) is 17.0. The summed E-state index contributed by atoms with van der Waals surface area (Å²) in [5, 5.41) is 0.233. The van der Waals surface area contributed by atoms with Crippen molar-refractivity contribution >= 4 is 35.2 Å². The van der Waals surface area contributed by atoms with Crippen LogP contribution in [0.2, 0.25) is 0 Å². The standard InChI is InChI=1S/C17H17FN2O2S/c1-3-19-15(21)14(16(22)20(4-2)17(19)23)10-6-8-12-7-5-9-13(18)11-12/h5-11H,3-4H2,1-2H3/b8-6+. The molecule has 0 spiro atoms. The van der Waals surface area contributed by atoms with E-state index in [-0.39, 0.29) is 16.5 Å².